The largest absolute Gasteiger partial charge is 0.462 e. The molecule has 0 N–H and O–H groups in total. The van der Waals surface area contributed by atoms with Gasteiger partial charge in [0.25, 0.3) is 0 Å². The predicted octanol–water partition coefficient (Wildman–Crippen LogP) is 2.33. The van der Waals surface area contributed by atoms with Crippen molar-refractivity contribution in [3.8, 4) is 0 Å². The maximum absolute atomic E-state index is 11.6. The fraction of sp³-hybridized carbons (Fsp3) is 0.692. The number of esters is 2. The van der Waals surface area contributed by atoms with Crippen LogP contribution in [-0.2, 0) is 19.1 Å². The molecule has 17 heavy (non-hydrogen) atoms. The minimum atomic E-state index is -0.616. The molecular weight excluding hydrogens is 220 g/mol. The minimum absolute atomic E-state index is 0.0358. The molecule has 0 atom stereocenters. The van der Waals surface area contributed by atoms with Crippen LogP contribution in [-0.4, -0.2) is 25.2 Å². The van der Waals surface area contributed by atoms with Crippen molar-refractivity contribution < 1.29 is 19.1 Å². The van der Waals surface area contributed by atoms with Gasteiger partial charge >= 0.3 is 11.9 Å². The molecule has 0 aromatic carbocycles. The third kappa shape index (κ3) is 6.76. The van der Waals surface area contributed by atoms with E-state index in [1.807, 2.05) is 27.7 Å². The molecule has 98 valence electrons. The van der Waals surface area contributed by atoms with E-state index in [2.05, 4.69) is 0 Å². The molecule has 0 heterocycles. The molecule has 0 amide bonds. The second-order valence-electron chi connectivity index (χ2n) is 4.69. The summed E-state index contributed by atoms with van der Waals surface area (Å²) in [6.45, 7) is 9.93. The average molecular weight is 242 g/mol. The van der Waals surface area contributed by atoms with Crippen LogP contribution in [0.15, 0.2) is 11.6 Å². The Morgan fingerprint density at radius 2 is 1.29 bits per heavy atom. The van der Waals surface area contributed by atoms with Crippen LogP contribution in [0, 0.1) is 11.8 Å². The Balaban J connectivity index is 4.32. The number of rotatable bonds is 6. The zero-order chi connectivity index (χ0) is 13.4. The second-order valence-corrected chi connectivity index (χ2v) is 4.69. The summed E-state index contributed by atoms with van der Waals surface area (Å²) in [6.07, 6.45) is 1.42. The first kappa shape index (κ1) is 15.7. The Labute approximate surface area is 103 Å². The molecule has 0 unspecified atom stereocenters. The Bertz CT molecular complexity index is 264. The summed E-state index contributed by atoms with van der Waals surface area (Å²) >= 11 is 0. The Morgan fingerprint density at radius 1 is 0.941 bits per heavy atom. The second kappa shape index (κ2) is 7.87. The molecular formula is C13H22O4. The third-order valence-electron chi connectivity index (χ3n) is 1.82. The number of ether oxygens (including phenoxy) is 2. The number of allylic oxidation sites excluding steroid dienone is 1. The van der Waals surface area contributed by atoms with Crippen LogP contribution in [0.5, 0.6) is 0 Å². The molecule has 0 radical (unpaired) electrons. The summed E-state index contributed by atoms with van der Waals surface area (Å²) in [7, 11) is 0. The van der Waals surface area contributed by atoms with Crippen LogP contribution in [0.2, 0.25) is 0 Å². The maximum Gasteiger partial charge on any atom is 0.345 e. The summed E-state index contributed by atoms with van der Waals surface area (Å²) < 4.78 is 9.95. The van der Waals surface area contributed by atoms with Crippen LogP contribution < -0.4 is 0 Å². The van der Waals surface area contributed by atoms with Crippen LogP contribution in [0.1, 0.15) is 34.6 Å². The molecule has 0 aliphatic heterocycles. The van der Waals surface area contributed by atoms with Crippen molar-refractivity contribution in [2.24, 2.45) is 11.8 Å². The van der Waals surface area contributed by atoms with Gasteiger partial charge in [-0.15, -0.1) is 0 Å². The lowest BCUT2D eigenvalue weighted by Gasteiger charge is -2.10. The van der Waals surface area contributed by atoms with E-state index in [1.165, 1.54) is 6.08 Å². The first-order valence-corrected chi connectivity index (χ1v) is 5.89. The van der Waals surface area contributed by atoms with Gasteiger partial charge < -0.3 is 9.47 Å². The molecule has 0 aliphatic rings. The van der Waals surface area contributed by atoms with Gasteiger partial charge in [0.15, 0.2) is 0 Å². The van der Waals surface area contributed by atoms with Crippen molar-refractivity contribution in [1.29, 1.82) is 0 Å². The summed E-state index contributed by atoms with van der Waals surface area (Å²) in [5, 5.41) is 0. The Kier molecular flexibility index (Phi) is 7.26. The van der Waals surface area contributed by atoms with Crippen molar-refractivity contribution in [2.75, 3.05) is 13.2 Å². The highest BCUT2D eigenvalue weighted by atomic mass is 16.6. The van der Waals surface area contributed by atoms with Crippen LogP contribution in [0.4, 0.5) is 0 Å². The van der Waals surface area contributed by atoms with Gasteiger partial charge in [-0.1, -0.05) is 33.8 Å². The van der Waals surface area contributed by atoms with Crippen LogP contribution in [0.3, 0.4) is 0 Å². The van der Waals surface area contributed by atoms with Crippen LogP contribution in [0.25, 0.3) is 0 Å². The highest BCUT2D eigenvalue weighted by Crippen LogP contribution is 2.05. The summed E-state index contributed by atoms with van der Waals surface area (Å²) in [4.78, 5) is 23.1. The summed E-state index contributed by atoms with van der Waals surface area (Å²) in [6, 6.07) is 0. The molecule has 0 fully saturated rings. The van der Waals surface area contributed by atoms with Crippen molar-refractivity contribution >= 4 is 11.9 Å². The van der Waals surface area contributed by atoms with Crippen LogP contribution >= 0.6 is 0 Å². The van der Waals surface area contributed by atoms with Gasteiger partial charge in [0.2, 0.25) is 0 Å². The highest BCUT2D eigenvalue weighted by molar-refractivity contribution is 6.13. The van der Waals surface area contributed by atoms with Gasteiger partial charge in [0, 0.05) is 0 Å². The zero-order valence-corrected chi connectivity index (χ0v) is 11.3. The lowest BCUT2D eigenvalue weighted by molar-refractivity contribution is -0.148. The number of carbonyl (C=O) groups excluding carboxylic acids is 2. The standard InChI is InChI=1S/C13H22O4/c1-6-11(12(14)16-7-9(2)3)13(15)17-8-10(4)5/h6,9-10H,7-8H2,1-5H3. The maximum atomic E-state index is 11.6. The topological polar surface area (TPSA) is 52.6 Å². The van der Waals surface area contributed by atoms with Gasteiger partial charge in [-0.25, -0.2) is 9.59 Å². The molecule has 0 aliphatic carbocycles. The Morgan fingerprint density at radius 3 is 1.53 bits per heavy atom. The van der Waals surface area contributed by atoms with E-state index in [0.717, 1.165) is 0 Å². The fourth-order valence-electron chi connectivity index (χ4n) is 0.959. The average Bonchev–Trinajstić information content (AvgIpc) is 2.24. The molecule has 0 saturated carbocycles. The molecule has 0 aromatic heterocycles. The van der Waals surface area contributed by atoms with E-state index in [4.69, 9.17) is 9.47 Å². The summed E-state index contributed by atoms with van der Waals surface area (Å²) in [5.74, 6) is -0.752. The molecule has 0 bridgehead atoms. The monoisotopic (exact) mass is 242 g/mol. The SMILES string of the molecule is CC=C(C(=O)OCC(C)C)C(=O)OCC(C)C. The van der Waals surface area contributed by atoms with Gasteiger partial charge in [-0.3, -0.25) is 0 Å². The first-order chi connectivity index (χ1) is 7.88. The van der Waals surface area contributed by atoms with E-state index in [0.29, 0.717) is 13.2 Å². The quantitative estimate of drug-likeness (QED) is 0.310. The third-order valence-corrected chi connectivity index (χ3v) is 1.82. The molecule has 4 nitrogen and oxygen atoms in total. The molecule has 0 rings (SSSR count). The van der Waals surface area contributed by atoms with E-state index in [9.17, 15) is 9.59 Å². The molecule has 0 aromatic rings. The molecule has 0 spiro atoms. The van der Waals surface area contributed by atoms with Crippen molar-refractivity contribution in [3.63, 3.8) is 0 Å². The van der Waals surface area contributed by atoms with Crippen molar-refractivity contribution in [2.45, 2.75) is 34.6 Å². The normalized spacial score (nSPS) is 10.3. The van der Waals surface area contributed by atoms with Gasteiger partial charge in [-0.05, 0) is 18.8 Å². The van der Waals surface area contributed by atoms with E-state index < -0.39 is 11.9 Å². The summed E-state index contributed by atoms with van der Waals surface area (Å²) in [5.41, 5.74) is -0.0358. The fourth-order valence-corrected chi connectivity index (χ4v) is 0.959. The van der Waals surface area contributed by atoms with Gasteiger partial charge in [-0.2, -0.15) is 0 Å². The lowest BCUT2D eigenvalue weighted by Crippen LogP contribution is -2.21. The highest BCUT2D eigenvalue weighted by Gasteiger charge is 2.20. The molecule has 0 saturated heterocycles. The predicted molar refractivity (Wildman–Crippen MR) is 65.4 cm³/mol. The van der Waals surface area contributed by atoms with E-state index in [-0.39, 0.29) is 17.4 Å². The van der Waals surface area contributed by atoms with Gasteiger partial charge in [0.05, 0.1) is 13.2 Å². The van der Waals surface area contributed by atoms with Crippen molar-refractivity contribution in [3.05, 3.63) is 11.6 Å². The minimum Gasteiger partial charge on any atom is -0.462 e. The lowest BCUT2D eigenvalue weighted by atomic mass is 10.2. The Hall–Kier alpha value is -1.32. The van der Waals surface area contributed by atoms with Crippen molar-refractivity contribution in [1.82, 2.24) is 0 Å². The smallest absolute Gasteiger partial charge is 0.345 e. The first-order valence-electron chi connectivity index (χ1n) is 5.89. The van der Waals surface area contributed by atoms with E-state index >= 15 is 0 Å². The van der Waals surface area contributed by atoms with Gasteiger partial charge in [0.1, 0.15) is 5.57 Å². The zero-order valence-electron chi connectivity index (χ0n) is 11.3. The number of hydrogen-bond acceptors (Lipinski definition) is 4. The number of hydrogen-bond donors (Lipinski definition) is 0. The number of carbonyl (C=O) groups is 2. The van der Waals surface area contributed by atoms with E-state index in [1.54, 1.807) is 6.92 Å². The molecule has 4 heteroatoms.